The van der Waals surface area contributed by atoms with Crippen molar-refractivity contribution in [1.82, 2.24) is 0 Å². The van der Waals surface area contributed by atoms with Crippen molar-refractivity contribution >= 4 is 0 Å². The lowest BCUT2D eigenvalue weighted by Gasteiger charge is -2.38. The highest BCUT2D eigenvalue weighted by Crippen LogP contribution is 2.13. The largest absolute Gasteiger partial charge is 0.324 e. The predicted molar refractivity (Wildman–Crippen MR) is 65.5 cm³/mol. The molecule has 0 radical (unpaired) electrons. The fourth-order valence-corrected chi connectivity index (χ4v) is 2.59. The van der Waals surface area contributed by atoms with Gasteiger partial charge in [0.25, 0.3) is 0 Å². The molecule has 14 heavy (non-hydrogen) atoms. The van der Waals surface area contributed by atoms with Gasteiger partial charge in [0.05, 0.1) is 26.2 Å². The number of unbranched alkanes of at least 4 members (excludes halogenated alkanes) is 1. The van der Waals surface area contributed by atoms with Crippen molar-refractivity contribution in [3.8, 4) is 0 Å². The molecule has 0 aromatic heterocycles. The average Bonchev–Trinajstić information content (AvgIpc) is 2.16. The van der Waals surface area contributed by atoms with Crippen LogP contribution in [0.15, 0.2) is 0 Å². The van der Waals surface area contributed by atoms with Crippen LogP contribution in [-0.2, 0) is 0 Å². The molecule has 0 amide bonds. The van der Waals surface area contributed by atoms with E-state index >= 15 is 0 Å². The van der Waals surface area contributed by atoms with Crippen LogP contribution in [0.3, 0.4) is 0 Å². The molecule has 0 aromatic carbocycles. The third kappa shape index (κ3) is 4.99. The molecule has 0 aromatic rings. The van der Waals surface area contributed by atoms with Crippen LogP contribution in [0.2, 0.25) is 0 Å². The Balaban J connectivity index is 4.21. The van der Waals surface area contributed by atoms with Gasteiger partial charge in [-0.25, -0.2) is 0 Å². The van der Waals surface area contributed by atoms with Gasteiger partial charge >= 0.3 is 0 Å². The molecule has 0 bridgehead atoms. The van der Waals surface area contributed by atoms with E-state index in [0.717, 1.165) is 0 Å². The van der Waals surface area contributed by atoms with Crippen LogP contribution < -0.4 is 0 Å². The average molecular weight is 200 g/mol. The lowest BCUT2D eigenvalue weighted by molar-refractivity contribution is -0.928. The quantitative estimate of drug-likeness (QED) is 0.496. The first-order valence-corrected chi connectivity index (χ1v) is 6.59. The molecule has 1 heteroatoms. The van der Waals surface area contributed by atoms with Crippen LogP contribution in [-0.4, -0.2) is 30.7 Å². The van der Waals surface area contributed by atoms with Gasteiger partial charge in [-0.1, -0.05) is 34.1 Å². The molecule has 0 aliphatic heterocycles. The van der Waals surface area contributed by atoms with Gasteiger partial charge in [-0.3, -0.25) is 0 Å². The number of rotatable bonds is 9. The second kappa shape index (κ2) is 8.28. The summed E-state index contributed by atoms with van der Waals surface area (Å²) in [7, 11) is 0. The van der Waals surface area contributed by atoms with Crippen LogP contribution in [0.4, 0.5) is 0 Å². The monoisotopic (exact) mass is 200 g/mol. The van der Waals surface area contributed by atoms with Crippen molar-refractivity contribution in [3.05, 3.63) is 0 Å². The van der Waals surface area contributed by atoms with Crippen molar-refractivity contribution in [2.75, 3.05) is 26.2 Å². The zero-order chi connectivity index (χ0) is 10.9. The molecule has 0 aliphatic rings. The maximum atomic E-state index is 2.32. The Labute approximate surface area is 91.1 Å². The highest BCUT2D eigenvalue weighted by Gasteiger charge is 2.23. The topological polar surface area (TPSA) is 0 Å². The molecule has 0 spiro atoms. The van der Waals surface area contributed by atoms with Gasteiger partial charge in [-0.2, -0.15) is 0 Å². The lowest BCUT2D eigenvalue weighted by Crippen LogP contribution is -2.50. The zero-order valence-electron chi connectivity index (χ0n) is 10.8. The summed E-state index contributed by atoms with van der Waals surface area (Å²) in [6, 6.07) is 0. The third-order valence-corrected chi connectivity index (χ3v) is 3.08. The Morgan fingerprint density at radius 3 is 1.29 bits per heavy atom. The van der Waals surface area contributed by atoms with Crippen LogP contribution in [0.1, 0.15) is 59.8 Å². The molecular formula is C13H30N+. The summed E-state index contributed by atoms with van der Waals surface area (Å²) in [5, 5.41) is 0. The molecule has 86 valence electrons. The Bertz CT molecular complexity index is 103. The number of nitrogens with zero attached hydrogens (tertiary/aromatic N) is 1. The SMILES string of the molecule is CCCC[N+](CCC)(CCC)CCC. The first-order valence-electron chi connectivity index (χ1n) is 6.59. The summed E-state index contributed by atoms with van der Waals surface area (Å²) in [4.78, 5) is 0. The smallest absolute Gasteiger partial charge is 0.0786 e. The van der Waals surface area contributed by atoms with E-state index in [1.54, 1.807) is 0 Å². The van der Waals surface area contributed by atoms with Crippen LogP contribution >= 0.6 is 0 Å². The lowest BCUT2D eigenvalue weighted by atomic mass is 10.2. The van der Waals surface area contributed by atoms with Crippen molar-refractivity contribution < 1.29 is 4.48 Å². The van der Waals surface area contributed by atoms with Gasteiger partial charge in [0.1, 0.15) is 0 Å². The first-order chi connectivity index (χ1) is 6.74. The van der Waals surface area contributed by atoms with Gasteiger partial charge in [0.2, 0.25) is 0 Å². The molecule has 0 rings (SSSR count). The number of hydrogen-bond donors (Lipinski definition) is 0. The molecule has 0 saturated carbocycles. The summed E-state index contributed by atoms with van der Waals surface area (Å²) in [6.07, 6.45) is 6.76. The van der Waals surface area contributed by atoms with Gasteiger partial charge in [-0.15, -0.1) is 0 Å². The fraction of sp³-hybridized carbons (Fsp3) is 1.00. The summed E-state index contributed by atoms with van der Waals surface area (Å²) >= 11 is 0. The summed E-state index contributed by atoms with van der Waals surface area (Å²) in [5.74, 6) is 0. The van der Waals surface area contributed by atoms with Gasteiger partial charge < -0.3 is 4.48 Å². The van der Waals surface area contributed by atoms with Crippen molar-refractivity contribution in [2.45, 2.75) is 59.8 Å². The van der Waals surface area contributed by atoms with E-state index in [1.165, 1.54) is 62.8 Å². The molecule has 0 fully saturated rings. The van der Waals surface area contributed by atoms with Gasteiger partial charge in [-0.05, 0) is 25.7 Å². The highest BCUT2D eigenvalue weighted by molar-refractivity contribution is 4.45. The molecule has 0 N–H and O–H groups in total. The second-order valence-electron chi connectivity index (χ2n) is 4.59. The summed E-state index contributed by atoms with van der Waals surface area (Å²) in [6.45, 7) is 14.9. The standard InChI is InChI=1S/C13H30N/c1-5-9-13-14(10-6-2,11-7-3)12-8-4/h5-13H2,1-4H3/q+1. The van der Waals surface area contributed by atoms with E-state index in [0.29, 0.717) is 0 Å². The predicted octanol–water partition coefficient (Wildman–Crippen LogP) is 3.83. The molecule has 0 aliphatic carbocycles. The molecule has 1 nitrogen and oxygen atoms in total. The van der Waals surface area contributed by atoms with E-state index in [9.17, 15) is 0 Å². The van der Waals surface area contributed by atoms with E-state index in [-0.39, 0.29) is 0 Å². The minimum absolute atomic E-state index is 1.34. The van der Waals surface area contributed by atoms with E-state index < -0.39 is 0 Å². The van der Waals surface area contributed by atoms with E-state index in [4.69, 9.17) is 0 Å². The van der Waals surface area contributed by atoms with Gasteiger partial charge in [0, 0.05) is 0 Å². The Morgan fingerprint density at radius 2 is 1.00 bits per heavy atom. The minimum Gasteiger partial charge on any atom is -0.324 e. The third-order valence-electron chi connectivity index (χ3n) is 3.08. The normalized spacial score (nSPS) is 12.0. The van der Waals surface area contributed by atoms with Crippen molar-refractivity contribution in [2.24, 2.45) is 0 Å². The van der Waals surface area contributed by atoms with Crippen LogP contribution in [0.25, 0.3) is 0 Å². The Morgan fingerprint density at radius 1 is 0.571 bits per heavy atom. The summed E-state index contributed by atoms with van der Waals surface area (Å²) in [5.41, 5.74) is 0. The van der Waals surface area contributed by atoms with Gasteiger partial charge in [0.15, 0.2) is 0 Å². The molecule has 0 atom stereocenters. The van der Waals surface area contributed by atoms with Crippen LogP contribution in [0, 0.1) is 0 Å². The minimum atomic E-state index is 1.34. The van der Waals surface area contributed by atoms with E-state index in [2.05, 4.69) is 27.7 Å². The molecule has 0 heterocycles. The van der Waals surface area contributed by atoms with E-state index in [1.807, 2.05) is 0 Å². The maximum Gasteiger partial charge on any atom is 0.0786 e. The van der Waals surface area contributed by atoms with Crippen molar-refractivity contribution in [1.29, 1.82) is 0 Å². The Hall–Kier alpha value is -0.0400. The maximum absolute atomic E-state index is 2.32. The van der Waals surface area contributed by atoms with Crippen molar-refractivity contribution in [3.63, 3.8) is 0 Å². The fourth-order valence-electron chi connectivity index (χ4n) is 2.59. The van der Waals surface area contributed by atoms with Crippen LogP contribution in [0.5, 0.6) is 0 Å². The second-order valence-corrected chi connectivity index (χ2v) is 4.59. The first kappa shape index (κ1) is 14.0. The highest BCUT2D eigenvalue weighted by atomic mass is 15.3. The number of hydrogen-bond acceptors (Lipinski definition) is 0. The number of quaternary nitrogens is 1. The Kier molecular flexibility index (Phi) is 8.26. The zero-order valence-corrected chi connectivity index (χ0v) is 10.8. The molecule has 0 unspecified atom stereocenters. The summed E-state index contributed by atoms with van der Waals surface area (Å²) < 4.78 is 1.39. The molecule has 0 saturated heterocycles. The molecular weight excluding hydrogens is 170 g/mol.